The Hall–Kier alpha value is -3.28. The van der Waals surface area contributed by atoms with Crippen molar-refractivity contribution < 1.29 is 14.0 Å². The highest BCUT2D eigenvalue weighted by molar-refractivity contribution is 6.01. The lowest BCUT2D eigenvalue weighted by Gasteiger charge is -2.22. The molecule has 6 heteroatoms. The van der Waals surface area contributed by atoms with E-state index in [-0.39, 0.29) is 30.6 Å². The largest absolute Gasteiger partial charge is 0.356 e. The van der Waals surface area contributed by atoms with Gasteiger partial charge in [-0.15, -0.1) is 0 Å². The summed E-state index contributed by atoms with van der Waals surface area (Å²) >= 11 is 0. The van der Waals surface area contributed by atoms with E-state index in [0.29, 0.717) is 18.7 Å². The summed E-state index contributed by atoms with van der Waals surface area (Å²) in [6.07, 6.45) is 2.49. The number of aromatic nitrogens is 1. The van der Waals surface area contributed by atoms with Crippen molar-refractivity contribution in [1.29, 1.82) is 0 Å². The molecule has 0 radical (unpaired) electrons. The van der Waals surface area contributed by atoms with Gasteiger partial charge in [0.25, 0.3) is 0 Å². The lowest BCUT2D eigenvalue weighted by molar-refractivity contribution is -0.121. The van der Waals surface area contributed by atoms with E-state index in [1.54, 1.807) is 23.2 Å². The fraction of sp³-hybridized carbons (Fsp3) is 0.227. The van der Waals surface area contributed by atoms with Crippen LogP contribution < -0.4 is 10.2 Å². The summed E-state index contributed by atoms with van der Waals surface area (Å²) in [5, 5.41) is 3.78. The number of nitrogens with one attached hydrogen (secondary N) is 1. The molecule has 0 aliphatic carbocycles. The number of halogens is 1. The van der Waals surface area contributed by atoms with Crippen molar-refractivity contribution in [2.45, 2.75) is 19.8 Å². The molecule has 0 fully saturated rings. The van der Waals surface area contributed by atoms with Crippen LogP contribution in [0.25, 0.3) is 10.9 Å². The quantitative estimate of drug-likeness (QED) is 0.684. The van der Waals surface area contributed by atoms with Crippen LogP contribution >= 0.6 is 0 Å². The number of benzene rings is 2. The van der Waals surface area contributed by atoms with Crippen LogP contribution in [0.1, 0.15) is 18.9 Å². The second kappa shape index (κ2) is 9.08. The summed E-state index contributed by atoms with van der Waals surface area (Å²) in [4.78, 5) is 30.3. The highest BCUT2D eigenvalue weighted by Gasteiger charge is 2.16. The molecule has 5 nitrogen and oxygen atoms in total. The van der Waals surface area contributed by atoms with E-state index in [1.807, 2.05) is 30.3 Å². The Balaban J connectivity index is 1.58. The predicted molar refractivity (Wildman–Crippen MR) is 108 cm³/mol. The minimum atomic E-state index is -0.278. The van der Waals surface area contributed by atoms with Gasteiger partial charge in [0, 0.05) is 38.0 Å². The number of para-hydroxylation sites is 1. The topological polar surface area (TPSA) is 62.3 Å². The van der Waals surface area contributed by atoms with Crippen molar-refractivity contribution in [1.82, 2.24) is 10.3 Å². The number of nitrogens with zero attached hydrogens (tertiary/aromatic N) is 2. The van der Waals surface area contributed by atoms with Gasteiger partial charge in [-0.3, -0.25) is 14.6 Å². The van der Waals surface area contributed by atoms with Gasteiger partial charge in [-0.2, -0.15) is 0 Å². The molecule has 3 aromatic rings. The number of amides is 2. The maximum Gasteiger partial charge on any atom is 0.223 e. The molecule has 0 aliphatic rings. The molecule has 1 aromatic heterocycles. The maximum absolute atomic E-state index is 12.9. The van der Waals surface area contributed by atoms with E-state index < -0.39 is 0 Å². The molecule has 0 bridgehead atoms. The van der Waals surface area contributed by atoms with E-state index in [9.17, 15) is 14.0 Å². The number of hydrogen-bond donors (Lipinski definition) is 1. The van der Waals surface area contributed by atoms with E-state index in [2.05, 4.69) is 10.3 Å². The first kappa shape index (κ1) is 19.5. The Bertz CT molecular complexity index is 968. The first-order chi connectivity index (χ1) is 13.5. The first-order valence-electron chi connectivity index (χ1n) is 9.17. The van der Waals surface area contributed by atoms with Crippen LogP contribution in [0.4, 0.5) is 10.1 Å². The molecule has 0 spiro atoms. The molecular formula is C22H22FN3O2. The smallest absolute Gasteiger partial charge is 0.223 e. The molecule has 1 heterocycles. The van der Waals surface area contributed by atoms with Crippen LogP contribution in [0, 0.1) is 5.82 Å². The number of rotatable bonds is 7. The van der Waals surface area contributed by atoms with E-state index in [1.165, 1.54) is 19.1 Å². The molecule has 0 atom stereocenters. The molecule has 0 saturated heterocycles. The van der Waals surface area contributed by atoms with Crippen molar-refractivity contribution in [3.8, 4) is 0 Å². The number of pyridine rings is 1. The van der Waals surface area contributed by atoms with Gasteiger partial charge < -0.3 is 10.2 Å². The van der Waals surface area contributed by atoms with Crippen molar-refractivity contribution in [2.75, 3.05) is 18.0 Å². The van der Waals surface area contributed by atoms with Gasteiger partial charge in [-0.1, -0.05) is 30.3 Å². The molecule has 0 unspecified atom stereocenters. The van der Waals surface area contributed by atoms with E-state index in [0.717, 1.165) is 16.5 Å². The Morgan fingerprint density at radius 3 is 2.57 bits per heavy atom. The summed E-state index contributed by atoms with van der Waals surface area (Å²) in [6.45, 7) is 2.21. The first-order valence-corrected chi connectivity index (χ1v) is 9.17. The van der Waals surface area contributed by atoms with E-state index in [4.69, 9.17) is 0 Å². The second-order valence-corrected chi connectivity index (χ2v) is 6.50. The van der Waals surface area contributed by atoms with Crippen LogP contribution in [-0.4, -0.2) is 29.9 Å². The fourth-order valence-corrected chi connectivity index (χ4v) is 3.05. The van der Waals surface area contributed by atoms with Gasteiger partial charge in [0.2, 0.25) is 11.8 Å². The Labute approximate surface area is 163 Å². The Morgan fingerprint density at radius 2 is 1.82 bits per heavy atom. The standard InChI is InChI=1S/C22H22FN3O2/c1-16(27)26(20-6-2-4-18-5-3-13-25-22(18)20)15-12-21(28)24-14-11-17-7-9-19(23)10-8-17/h2-10,13H,11-12,14-15H2,1H3,(H,24,28). The van der Waals surface area contributed by atoms with Crippen molar-refractivity contribution in [3.63, 3.8) is 0 Å². The zero-order chi connectivity index (χ0) is 19.9. The van der Waals surface area contributed by atoms with Crippen LogP contribution in [0.3, 0.4) is 0 Å². The summed E-state index contributed by atoms with van der Waals surface area (Å²) in [6, 6.07) is 15.6. The number of carbonyl (C=O) groups excluding carboxylic acids is 2. The summed E-state index contributed by atoms with van der Waals surface area (Å²) < 4.78 is 12.9. The molecule has 3 rings (SSSR count). The lowest BCUT2D eigenvalue weighted by Crippen LogP contribution is -2.34. The number of fused-ring (bicyclic) bond motifs is 1. The third kappa shape index (κ3) is 4.91. The average Bonchev–Trinajstić information content (AvgIpc) is 2.69. The molecule has 1 N–H and O–H groups in total. The monoisotopic (exact) mass is 379 g/mol. The molecule has 0 aliphatic heterocycles. The van der Waals surface area contributed by atoms with Gasteiger partial charge in [0.15, 0.2) is 0 Å². The lowest BCUT2D eigenvalue weighted by atomic mass is 10.1. The van der Waals surface area contributed by atoms with Crippen molar-refractivity contribution >= 4 is 28.4 Å². The fourth-order valence-electron chi connectivity index (χ4n) is 3.05. The van der Waals surface area contributed by atoms with Crippen LogP contribution in [0.15, 0.2) is 60.8 Å². The third-order valence-corrected chi connectivity index (χ3v) is 4.49. The SMILES string of the molecule is CC(=O)N(CCC(=O)NCCc1ccc(F)cc1)c1cccc2cccnc12. The summed E-state index contributed by atoms with van der Waals surface area (Å²) in [7, 11) is 0. The predicted octanol–water partition coefficient (Wildman–Crippen LogP) is 3.48. The molecule has 2 amide bonds. The highest BCUT2D eigenvalue weighted by atomic mass is 19.1. The molecule has 0 saturated carbocycles. The summed E-state index contributed by atoms with van der Waals surface area (Å²) in [5.41, 5.74) is 2.38. The molecule has 28 heavy (non-hydrogen) atoms. The molecular weight excluding hydrogens is 357 g/mol. The number of carbonyl (C=O) groups is 2. The average molecular weight is 379 g/mol. The van der Waals surface area contributed by atoms with Crippen LogP contribution in [0.2, 0.25) is 0 Å². The van der Waals surface area contributed by atoms with Gasteiger partial charge in [-0.25, -0.2) is 4.39 Å². The van der Waals surface area contributed by atoms with Gasteiger partial charge in [0.1, 0.15) is 5.82 Å². The van der Waals surface area contributed by atoms with Gasteiger partial charge in [0.05, 0.1) is 11.2 Å². The van der Waals surface area contributed by atoms with Gasteiger partial charge >= 0.3 is 0 Å². The van der Waals surface area contributed by atoms with Crippen LogP contribution in [0.5, 0.6) is 0 Å². The van der Waals surface area contributed by atoms with E-state index >= 15 is 0 Å². The minimum absolute atomic E-state index is 0.137. The van der Waals surface area contributed by atoms with Crippen molar-refractivity contribution in [2.24, 2.45) is 0 Å². The summed E-state index contributed by atoms with van der Waals surface area (Å²) in [5.74, 6) is -0.557. The molecule has 144 valence electrons. The maximum atomic E-state index is 12.9. The number of hydrogen-bond acceptors (Lipinski definition) is 3. The zero-order valence-corrected chi connectivity index (χ0v) is 15.7. The number of anilines is 1. The highest BCUT2D eigenvalue weighted by Crippen LogP contribution is 2.25. The van der Waals surface area contributed by atoms with Crippen LogP contribution in [-0.2, 0) is 16.0 Å². The third-order valence-electron chi connectivity index (χ3n) is 4.49. The van der Waals surface area contributed by atoms with Gasteiger partial charge in [-0.05, 0) is 36.2 Å². The van der Waals surface area contributed by atoms with Crippen molar-refractivity contribution in [3.05, 3.63) is 72.2 Å². The zero-order valence-electron chi connectivity index (χ0n) is 15.7. The minimum Gasteiger partial charge on any atom is -0.356 e. The Kier molecular flexibility index (Phi) is 6.32. The molecule has 2 aromatic carbocycles. The normalized spacial score (nSPS) is 10.6. The Morgan fingerprint density at radius 1 is 1.07 bits per heavy atom. The second-order valence-electron chi connectivity index (χ2n) is 6.50.